The van der Waals surface area contributed by atoms with Gasteiger partial charge in [-0.15, -0.1) is 0 Å². The Hall–Kier alpha value is -0.520. The van der Waals surface area contributed by atoms with E-state index >= 15 is 0 Å². The summed E-state index contributed by atoms with van der Waals surface area (Å²) in [5.74, 6) is -1.81. The maximum absolute atomic E-state index is 13.9. The molecular formula is C14H8Br2ClF3. The molecule has 0 radical (unpaired) electrons. The molecule has 0 fully saturated rings. The summed E-state index contributed by atoms with van der Waals surface area (Å²) in [7, 11) is 0. The molecule has 0 N–H and O–H groups in total. The average Bonchev–Trinajstić information content (AvgIpc) is 2.38. The largest absolute Gasteiger partial charge is 0.207 e. The number of rotatable bonds is 3. The lowest BCUT2D eigenvalue weighted by molar-refractivity contribution is 0.550. The van der Waals surface area contributed by atoms with Gasteiger partial charge < -0.3 is 0 Å². The van der Waals surface area contributed by atoms with E-state index in [9.17, 15) is 13.2 Å². The Morgan fingerprint density at radius 3 is 2.25 bits per heavy atom. The van der Waals surface area contributed by atoms with E-state index < -0.39 is 22.3 Å². The quantitative estimate of drug-likeness (QED) is 0.403. The van der Waals surface area contributed by atoms with Crippen LogP contribution in [0.2, 0.25) is 5.02 Å². The van der Waals surface area contributed by atoms with Crippen LogP contribution in [0, 0.1) is 17.5 Å². The van der Waals surface area contributed by atoms with E-state index in [1.165, 1.54) is 30.3 Å². The molecule has 1 unspecified atom stereocenters. The Bertz CT molecular complexity index is 626. The van der Waals surface area contributed by atoms with Crippen LogP contribution in [-0.4, -0.2) is 0 Å². The summed E-state index contributed by atoms with van der Waals surface area (Å²) >= 11 is 12.3. The van der Waals surface area contributed by atoms with Crippen molar-refractivity contribution in [3.63, 3.8) is 0 Å². The lowest BCUT2D eigenvalue weighted by Gasteiger charge is -2.13. The molecule has 0 bridgehead atoms. The first-order valence-corrected chi connectivity index (χ1v) is 7.70. The van der Waals surface area contributed by atoms with Gasteiger partial charge in [-0.1, -0.05) is 33.6 Å². The molecule has 0 aliphatic heterocycles. The highest BCUT2D eigenvalue weighted by molar-refractivity contribution is 9.10. The van der Waals surface area contributed by atoms with Gasteiger partial charge in [0.05, 0.1) is 5.02 Å². The number of alkyl halides is 1. The third-order valence-electron chi connectivity index (χ3n) is 2.82. The molecule has 6 heteroatoms. The van der Waals surface area contributed by atoms with E-state index in [1.807, 2.05) is 0 Å². The molecular weight excluding hydrogens is 420 g/mol. The third kappa shape index (κ3) is 3.38. The van der Waals surface area contributed by atoms with Gasteiger partial charge in [-0.2, -0.15) is 0 Å². The first kappa shape index (κ1) is 15.9. The summed E-state index contributed by atoms with van der Waals surface area (Å²) in [4.78, 5) is -0.584. The summed E-state index contributed by atoms with van der Waals surface area (Å²) in [5, 5.41) is 0.333. The van der Waals surface area contributed by atoms with E-state index in [2.05, 4.69) is 31.9 Å². The van der Waals surface area contributed by atoms with Crippen LogP contribution < -0.4 is 0 Å². The molecule has 0 aliphatic rings. The molecule has 0 spiro atoms. The Kier molecular flexibility index (Phi) is 5.15. The second kappa shape index (κ2) is 6.50. The predicted molar refractivity (Wildman–Crippen MR) is 80.8 cm³/mol. The normalized spacial score (nSPS) is 12.5. The van der Waals surface area contributed by atoms with Crippen LogP contribution in [0.4, 0.5) is 13.2 Å². The van der Waals surface area contributed by atoms with Gasteiger partial charge in [0.2, 0.25) is 0 Å². The molecule has 1 atom stereocenters. The Morgan fingerprint density at radius 1 is 1.05 bits per heavy atom. The number of hydrogen-bond acceptors (Lipinski definition) is 0. The van der Waals surface area contributed by atoms with Crippen molar-refractivity contribution >= 4 is 43.5 Å². The molecule has 2 aromatic carbocycles. The second-order valence-electron chi connectivity index (χ2n) is 4.16. The summed E-state index contributed by atoms with van der Waals surface area (Å²) in [6.45, 7) is 0. The lowest BCUT2D eigenvalue weighted by atomic mass is 10.0. The van der Waals surface area contributed by atoms with Gasteiger partial charge in [-0.05, 0) is 46.6 Å². The molecule has 0 amide bonds. The predicted octanol–water partition coefficient (Wildman–Crippen LogP) is 6.20. The standard InChI is InChI=1S/C14H8Br2ClF3/c15-9(4-8-12(18)2-1-3-13(8)19)7-5-11(17)10(16)6-14(7)20/h1-3,5-6,9H,4H2. The zero-order valence-corrected chi connectivity index (χ0v) is 13.9. The molecule has 2 aromatic rings. The van der Waals surface area contributed by atoms with Gasteiger partial charge in [0, 0.05) is 20.4 Å². The second-order valence-corrected chi connectivity index (χ2v) is 6.53. The molecule has 20 heavy (non-hydrogen) atoms. The molecule has 0 nitrogen and oxygen atoms in total. The molecule has 0 aliphatic carbocycles. The van der Waals surface area contributed by atoms with Crippen LogP contribution >= 0.6 is 43.5 Å². The van der Waals surface area contributed by atoms with Gasteiger partial charge in [-0.25, -0.2) is 13.2 Å². The fourth-order valence-corrected chi connectivity index (χ4v) is 2.96. The molecule has 0 saturated carbocycles. The average molecular weight is 428 g/mol. The van der Waals surface area contributed by atoms with Gasteiger partial charge in [-0.3, -0.25) is 0 Å². The minimum Gasteiger partial charge on any atom is -0.207 e. The monoisotopic (exact) mass is 426 g/mol. The maximum Gasteiger partial charge on any atom is 0.129 e. The number of hydrogen-bond donors (Lipinski definition) is 0. The summed E-state index contributed by atoms with van der Waals surface area (Å²) < 4.78 is 41.5. The first-order valence-electron chi connectivity index (χ1n) is 5.61. The van der Waals surface area contributed by atoms with Crippen molar-refractivity contribution in [3.05, 3.63) is 68.4 Å². The van der Waals surface area contributed by atoms with Crippen molar-refractivity contribution < 1.29 is 13.2 Å². The van der Waals surface area contributed by atoms with Crippen LogP contribution in [0.15, 0.2) is 34.8 Å². The van der Waals surface area contributed by atoms with Crippen molar-refractivity contribution in [1.82, 2.24) is 0 Å². The van der Waals surface area contributed by atoms with Crippen molar-refractivity contribution in [3.8, 4) is 0 Å². The fraction of sp³-hybridized carbons (Fsp3) is 0.143. The van der Waals surface area contributed by atoms with Crippen molar-refractivity contribution in [2.75, 3.05) is 0 Å². The van der Waals surface area contributed by atoms with Gasteiger partial charge >= 0.3 is 0 Å². The molecule has 0 heterocycles. The SMILES string of the molecule is Fc1cc(Br)c(Cl)cc1C(Br)Cc1c(F)cccc1F. The van der Waals surface area contributed by atoms with Crippen LogP contribution in [0.25, 0.3) is 0 Å². The van der Waals surface area contributed by atoms with Crippen LogP contribution in [0.3, 0.4) is 0 Å². The lowest BCUT2D eigenvalue weighted by Crippen LogP contribution is -2.03. The Balaban J connectivity index is 2.33. The molecule has 2 rings (SSSR count). The van der Waals surface area contributed by atoms with E-state index in [1.54, 1.807) is 0 Å². The Morgan fingerprint density at radius 2 is 1.65 bits per heavy atom. The smallest absolute Gasteiger partial charge is 0.129 e. The summed E-state index contributed by atoms with van der Waals surface area (Å²) in [6, 6.07) is 6.28. The number of benzene rings is 2. The van der Waals surface area contributed by atoms with Crippen LogP contribution in [0.5, 0.6) is 0 Å². The molecule has 106 valence electrons. The maximum atomic E-state index is 13.9. The highest BCUT2D eigenvalue weighted by Gasteiger charge is 2.19. The van der Waals surface area contributed by atoms with Gasteiger partial charge in [0.25, 0.3) is 0 Å². The zero-order valence-electron chi connectivity index (χ0n) is 9.94. The van der Waals surface area contributed by atoms with E-state index in [0.29, 0.717) is 9.50 Å². The minimum atomic E-state index is -0.655. The molecule has 0 saturated heterocycles. The van der Waals surface area contributed by atoms with E-state index in [4.69, 9.17) is 11.6 Å². The zero-order chi connectivity index (χ0) is 14.9. The topological polar surface area (TPSA) is 0 Å². The van der Waals surface area contributed by atoms with Crippen LogP contribution in [0.1, 0.15) is 16.0 Å². The molecule has 0 aromatic heterocycles. The van der Waals surface area contributed by atoms with E-state index in [0.717, 1.165) is 0 Å². The highest BCUT2D eigenvalue weighted by atomic mass is 79.9. The van der Waals surface area contributed by atoms with Crippen LogP contribution in [-0.2, 0) is 6.42 Å². The van der Waals surface area contributed by atoms with Gasteiger partial charge in [0.1, 0.15) is 17.5 Å². The summed E-state index contributed by atoms with van der Waals surface area (Å²) in [5.41, 5.74) is 0.161. The first-order chi connectivity index (χ1) is 9.40. The van der Waals surface area contributed by atoms with Gasteiger partial charge in [0.15, 0.2) is 0 Å². The Labute approximate surface area is 136 Å². The van der Waals surface area contributed by atoms with Crippen molar-refractivity contribution in [2.45, 2.75) is 11.2 Å². The highest BCUT2D eigenvalue weighted by Crippen LogP contribution is 2.35. The van der Waals surface area contributed by atoms with E-state index in [-0.39, 0.29) is 17.5 Å². The van der Waals surface area contributed by atoms with Crippen molar-refractivity contribution in [2.24, 2.45) is 0 Å². The summed E-state index contributed by atoms with van der Waals surface area (Å²) in [6.07, 6.45) is -0.0204. The van der Waals surface area contributed by atoms with Crippen molar-refractivity contribution in [1.29, 1.82) is 0 Å². The number of halogens is 6. The minimum absolute atomic E-state index is 0.0204. The third-order valence-corrected chi connectivity index (χ3v) is 4.84. The fourth-order valence-electron chi connectivity index (χ4n) is 1.79.